The lowest BCUT2D eigenvalue weighted by Crippen LogP contribution is -2.33. The van der Waals surface area contributed by atoms with Crippen molar-refractivity contribution >= 4 is 11.9 Å². The van der Waals surface area contributed by atoms with E-state index >= 15 is 0 Å². The number of carboxylic acid groups (broad SMARTS) is 1. The second kappa shape index (κ2) is 6.74. The quantitative estimate of drug-likeness (QED) is 0.842. The number of aliphatic carboxylic acids is 1. The van der Waals surface area contributed by atoms with Crippen molar-refractivity contribution in [1.29, 1.82) is 0 Å². The first-order chi connectivity index (χ1) is 9.68. The number of nitrogens with one attached hydrogen (secondary N) is 1. The molecule has 6 nitrogen and oxygen atoms in total. The molecule has 1 amide bonds. The van der Waals surface area contributed by atoms with Crippen molar-refractivity contribution in [3.63, 3.8) is 0 Å². The van der Waals surface area contributed by atoms with E-state index in [0.29, 0.717) is 12.0 Å². The van der Waals surface area contributed by atoms with Crippen LogP contribution in [0.2, 0.25) is 0 Å². The third kappa shape index (κ3) is 4.31. The van der Waals surface area contributed by atoms with Crippen molar-refractivity contribution in [2.75, 3.05) is 6.54 Å². The van der Waals surface area contributed by atoms with Crippen LogP contribution in [0, 0.1) is 12.8 Å². The maximum absolute atomic E-state index is 12.2. The number of aromatic nitrogens is 2. The number of carboxylic acids is 1. The summed E-state index contributed by atoms with van der Waals surface area (Å²) in [7, 11) is 0. The molecule has 0 aliphatic carbocycles. The van der Waals surface area contributed by atoms with Gasteiger partial charge in [-0.3, -0.25) is 14.3 Å². The maximum atomic E-state index is 12.2. The summed E-state index contributed by atoms with van der Waals surface area (Å²) >= 11 is 0. The van der Waals surface area contributed by atoms with E-state index in [1.54, 1.807) is 4.68 Å². The highest BCUT2D eigenvalue weighted by Crippen LogP contribution is 2.18. The molecule has 0 spiro atoms. The van der Waals surface area contributed by atoms with Crippen LogP contribution in [0.3, 0.4) is 0 Å². The molecular weight excluding hydrogens is 270 g/mol. The van der Waals surface area contributed by atoms with Crippen molar-refractivity contribution in [2.24, 2.45) is 5.92 Å². The SMILES string of the molecule is CCCC(CNC(=O)c1cnn(C(C)(C)C)c1C)C(=O)O. The molecule has 0 saturated heterocycles. The molecule has 0 fully saturated rings. The van der Waals surface area contributed by atoms with Gasteiger partial charge in [-0.15, -0.1) is 0 Å². The monoisotopic (exact) mass is 295 g/mol. The average molecular weight is 295 g/mol. The molecule has 0 bridgehead atoms. The first kappa shape index (κ1) is 17.2. The topological polar surface area (TPSA) is 84.2 Å². The zero-order valence-electron chi connectivity index (χ0n) is 13.4. The Morgan fingerprint density at radius 2 is 2.05 bits per heavy atom. The predicted molar refractivity (Wildman–Crippen MR) is 80.3 cm³/mol. The Hall–Kier alpha value is -1.85. The van der Waals surface area contributed by atoms with Gasteiger partial charge in [0.25, 0.3) is 5.91 Å². The van der Waals surface area contributed by atoms with Gasteiger partial charge in [0.05, 0.1) is 23.2 Å². The predicted octanol–water partition coefficient (Wildman–Crippen LogP) is 2.18. The zero-order valence-corrected chi connectivity index (χ0v) is 13.4. The van der Waals surface area contributed by atoms with Gasteiger partial charge in [0, 0.05) is 12.2 Å². The minimum absolute atomic E-state index is 0.141. The van der Waals surface area contributed by atoms with E-state index in [1.807, 2.05) is 34.6 Å². The van der Waals surface area contributed by atoms with Crippen LogP contribution in [0.4, 0.5) is 0 Å². The molecule has 118 valence electrons. The van der Waals surface area contributed by atoms with E-state index in [0.717, 1.165) is 12.1 Å². The van der Waals surface area contributed by atoms with Crippen LogP contribution in [-0.4, -0.2) is 33.3 Å². The minimum atomic E-state index is -0.876. The largest absolute Gasteiger partial charge is 0.481 e. The third-order valence-electron chi connectivity index (χ3n) is 3.39. The molecular formula is C15H25N3O3. The van der Waals surface area contributed by atoms with Crippen molar-refractivity contribution in [3.05, 3.63) is 17.5 Å². The summed E-state index contributed by atoms with van der Waals surface area (Å²) in [4.78, 5) is 23.3. The normalized spacial score (nSPS) is 13.0. The van der Waals surface area contributed by atoms with Gasteiger partial charge in [-0.1, -0.05) is 13.3 Å². The average Bonchev–Trinajstić information content (AvgIpc) is 2.75. The standard InChI is InChI=1S/C15H25N3O3/c1-6-7-11(14(20)21)8-16-13(19)12-9-17-18(10(12)2)15(3,4)5/h9,11H,6-8H2,1-5H3,(H,16,19)(H,20,21). The van der Waals surface area contributed by atoms with Crippen LogP contribution in [0.15, 0.2) is 6.20 Å². The lowest BCUT2D eigenvalue weighted by Gasteiger charge is -2.21. The molecule has 1 heterocycles. The summed E-state index contributed by atoms with van der Waals surface area (Å²) in [6.45, 7) is 9.94. The molecule has 21 heavy (non-hydrogen) atoms. The van der Waals surface area contributed by atoms with Gasteiger partial charge in [-0.2, -0.15) is 5.10 Å². The van der Waals surface area contributed by atoms with Crippen molar-refractivity contribution in [2.45, 2.75) is 53.0 Å². The summed E-state index contributed by atoms with van der Waals surface area (Å²) in [6.07, 6.45) is 2.86. The maximum Gasteiger partial charge on any atom is 0.308 e. The number of nitrogens with zero attached hydrogens (tertiary/aromatic N) is 2. The van der Waals surface area contributed by atoms with E-state index in [2.05, 4.69) is 10.4 Å². The van der Waals surface area contributed by atoms with Gasteiger partial charge in [0.1, 0.15) is 0 Å². The summed E-state index contributed by atoms with van der Waals surface area (Å²) in [5.41, 5.74) is 1.07. The second-order valence-corrected chi connectivity index (χ2v) is 6.26. The number of amides is 1. The highest BCUT2D eigenvalue weighted by atomic mass is 16.4. The molecule has 0 radical (unpaired) electrons. The van der Waals surface area contributed by atoms with Gasteiger partial charge in [-0.25, -0.2) is 0 Å². The molecule has 6 heteroatoms. The van der Waals surface area contributed by atoms with E-state index in [4.69, 9.17) is 5.11 Å². The number of carbonyl (C=O) groups excluding carboxylic acids is 1. The Labute approximate surface area is 125 Å². The first-order valence-corrected chi connectivity index (χ1v) is 7.24. The van der Waals surface area contributed by atoms with Crippen LogP contribution in [0.5, 0.6) is 0 Å². The van der Waals surface area contributed by atoms with Gasteiger partial charge in [0.15, 0.2) is 0 Å². The Kier molecular flexibility index (Phi) is 5.52. The van der Waals surface area contributed by atoms with Gasteiger partial charge in [0.2, 0.25) is 0 Å². The van der Waals surface area contributed by atoms with Crippen LogP contribution in [0.1, 0.15) is 56.6 Å². The second-order valence-electron chi connectivity index (χ2n) is 6.26. The van der Waals surface area contributed by atoms with E-state index < -0.39 is 11.9 Å². The summed E-state index contributed by atoms with van der Waals surface area (Å²) in [6, 6.07) is 0. The Balaban J connectivity index is 2.77. The Bertz CT molecular complexity index is 515. The molecule has 1 atom stereocenters. The van der Waals surface area contributed by atoms with Crippen molar-refractivity contribution in [1.82, 2.24) is 15.1 Å². The molecule has 0 aliphatic heterocycles. The van der Waals surface area contributed by atoms with Crippen LogP contribution >= 0.6 is 0 Å². The van der Waals surface area contributed by atoms with E-state index in [9.17, 15) is 9.59 Å². The fourth-order valence-electron chi connectivity index (χ4n) is 2.28. The van der Waals surface area contributed by atoms with Crippen LogP contribution in [-0.2, 0) is 10.3 Å². The van der Waals surface area contributed by atoms with Gasteiger partial charge >= 0.3 is 5.97 Å². The number of hydrogen-bond donors (Lipinski definition) is 2. The summed E-state index contributed by atoms with van der Waals surface area (Å²) in [5.74, 6) is -1.69. The molecule has 1 aromatic heterocycles. The smallest absolute Gasteiger partial charge is 0.308 e. The molecule has 1 aromatic rings. The molecule has 2 N–H and O–H groups in total. The number of carbonyl (C=O) groups is 2. The van der Waals surface area contributed by atoms with Gasteiger partial charge in [-0.05, 0) is 34.1 Å². The van der Waals surface area contributed by atoms with Crippen molar-refractivity contribution in [3.8, 4) is 0 Å². The number of hydrogen-bond acceptors (Lipinski definition) is 3. The molecule has 0 aromatic carbocycles. The van der Waals surface area contributed by atoms with Crippen LogP contribution in [0.25, 0.3) is 0 Å². The Morgan fingerprint density at radius 3 is 2.48 bits per heavy atom. The fraction of sp³-hybridized carbons (Fsp3) is 0.667. The molecule has 1 rings (SSSR count). The van der Waals surface area contributed by atoms with E-state index in [-0.39, 0.29) is 18.0 Å². The minimum Gasteiger partial charge on any atom is -0.481 e. The lowest BCUT2D eigenvalue weighted by atomic mass is 10.0. The number of rotatable bonds is 6. The fourth-order valence-corrected chi connectivity index (χ4v) is 2.28. The van der Waals surface area contributed by atoms with Crippen LogP contribution < -0.4 is 5.32 Å². The molecule has 0 saturated carbocycles. The third-order valence-corrected chi connectivity index (χ3v) is 3.39. The molecule has 1 unspecified atom stereocenters. The van der Waals surface area contributed by atoms with E-state index in [1.165, 1.54) is 6.20 Å². The van der Waals surface area contributed by atoms with Gasteiger partial charge < -0.3 is 10.4 Å². The lowest BCUT2D eigenvalue weighted by molar-refractivity contribution is -0.141. The molecule has 0 aliphatic rings. The summed E-state index contributed by atoms with van der Waals surface area (Å²) in [5, 5.41) is 16.0. The highest BCUT2D eigenvalue weighted by molar-refractivity contribution is 5.95. The summed E-state index contributed by atoms with van der Waals surface area (Å²) < 4.78 is 1.79. The van der Waals surface area contributed by atoms with Crippen molar-refractivity contribution < 1.29 is 14.7 Å². The Morgan fingerprint density at radius 1 is 1.43 bits per heavy atom. The zero-order chi connectivity index (χ0) is 16.2. The highest BCUT2D eigenvalue weighted by Gasteiger charge is 2.23. The first-order valence-electron chi connectivity index (χ1n) is 7.24.